The summed E-state index contributed by atoms with van der Waals surface area (Å²) in [5.41, 5.74) is 8.01. The van der Waals surface area contributed by atoms with Crippen molar-refractivity contribution in [3.8, 4) is 0 Å². The molecule has 62 valence electrons. The van der Waals surface area contributed by atoms with E-state index in [9.17, 15) is 0 Å². The Morgan fingerprint density at radius 2 is 2.17 bits per heavy atom. The molecule has 0 saturated heterocycles. The summed E-state index contributed by atoms with van der Waals surface area (Å²) in [6, 6.07) is 6.15. The number of aromatic nitrogens is 2. The van der Waals surface area contributed by atoms with E-state index in [1.54, 1.807) is 4.68 Å². The number of fused-ring (bicyclic) bond motifs is 1. The second kappa shape index (κ2) is 2.24. The van der Waals surface area contributed by atoms with Gasteiger partial charge in [0.05, 0.1) is 5.52 Å². The summed E-state index contributed by atoms with van der Waals surface area (Å²) in [5, 5.41) is 5.17. The van der Waals surface area contributed by atoms with Crippen molar-refractivity contribution in [1.29, 1.82) is 0 Å². The first kappa shape index (κ1) is 7.16. The molecule has 1 heterocycles. The van der Waals surface area contributed by atoms with Crippen LogP contribution in [-0.2, 0) is 7.05 Å². The second-order valence-electron chi connectivity index (χ2n) is 3.03. The van der Waals surface area contributed by atoms with Gasteiger partial charge in [0.15, 0.2) is 5.82 Å². The van der Waals surface area contributed by atoms with E-state index in [1.807, 2.05) is 20.0 Å². The van der Waals surface area contributed by atoms with Crippen molar-refractivity contribution in [3.63, 3.8) is 0 Å². The minimum absolute atomic E-state index is 0.608. The van der Waals surface area contributed by atoms with Crippen molar-refractivity contribution in [3.05, 3.63) is 23.8 Å². The summed E-state index contributed by atoms with van der Waals surface area (Å²) in [7, 11) is 1.90. The summed E-state index contributed by atoms with van der Waals surface area (Å²) in [6.45, 7) is 2.05. The molecule has 1 aromatic carbocycles. The van der Waals surface area contributed by atoms with Crippen molar-refractivity contribution >= 4 is 16.7 Å². The molecule has 0 aliphatic rings. The van der Waals surface area contributed by atoms with Gasteiger partial charge >= 0.3 is 0 Å². The number of hydrogen-bond donors (Lipinski definition) is 1. The summed E-state index contributed by atoms with van der Waals surface area (Å²) in [5.74, 6) is 0.608. The smallest absolute Gasteiger partial charge is 0.153 e. The Kier molecular flexibility index (Phi) is 1.33. The predicted octanol–water partition coefficient (Wildman–Crippen LogP) is 1.46. The number of hydrogen-bond acceptors (Lipinski definition) is 2. The summed E-state index contributed by atoms with van der Waals surface area (Å²) >= 11 is 0. The highest BCUT2D eigenvalue weighted by molar-refractivity contribution is 5.89. The zero-order valence-electron chi connectivity index (χ0n) is 7.20. The van der Waals surface area contributed by atoms with Crippen LogP contribution in [0.4, 0.5) is 5.82 Å². The van der Waals surface area contributed by atoms with Crippen molar-refractivity contribution < 1.29 is 0 Å². The van der Waals surface area contributed by atoms with Gasteiger partial charge in [0.1, 0.15) is 0 Å². The number of nitrogens with zero attached hydrogens (tertiary/aromatic N) is 2. The number of aryl methyl sites for hydroxylation is 2. The van der Waals surface area contributed by atoms with E-state index in [0.717, 1.165) is 10.9 Å². The van der Waals surface area contributed by atoms with Crippen molar-refractivity contribution in [2.24, 2.45) is 7.05 Å². The van der Waals surface area contributed by atoms with Gasteiger partial charge in [-0.2, -0.15) is 5.10 Å². The van der Waals surface area contributed by atoms with E-state index in [2.05, 4.69) is 17.2 Å². The number of anilines is 1. The zero-order chi connectivity index (χ0) is 8.72. The van der Waals surface area contributed by atoms with Crippen LogP contribution in [-0.4, -0.2) is 9.78 Å². The first-order chi connectivity index (χ1) is 5.68. The van der Waals surface area contributed by atoms with Crippen molar-refractivity contribution in [2.75, 3.05) is 5.73 Å². The Hall–Kier alpha value is -1.51. The van der Waals surface area contributed by atoms with Crippen LogP contribution >= 0.6 is 0 Å². The van der Waals surface area contributed by atoms with E-state index in [1.165, 1.54) is 5.56 Å². The molecule has 0 fully saturated rings. The van der Waals surface area contributed by atoms with Crippen LogP contribution in [0.15, 0.2) is 18.2 Å². The molecule has 2 N–H and O–H groups in total. The molecule has 0 unspecified atom stereocenters. The van der Waals surface area contributed by atoms with Gasteiger partial charge < -0.3 is 5.73 Å². The average molecular weight is 161 g/mol. The summed E-state index contributed by atoms with van der Waals surface area (Å²) in [6.07, 6.45) is 0. The fraction of sp³-hybridized carbons (Fsp3) is 0.222. The molecular formula is C9H11N3. The Morgan fingerprint density at radius 1 is 1.42 bits per heavy atom. The lowest BCUT2D eigenvalue weighted by atomic mass is 10.2. The maximum absolute atomic E-state index is 5.71. The number of benzene rings is 1. The average Bonchev–Trinajstić information content (AvgIpc) is 2.28. The molecule has 0 bridgehead atoms. The van der Waals surface area contributed by atoms with Gasteiger partial charge in [-0.15, -0.1) is 0 Å². The molecule has 3 heteroatoms. The molecular weight excluding hydrogens is 150 g/mol. The molecule has 0 radical (unpaired) electrons. The Morgan fingerprint density at radius 3 is 2.92 bits per heavy atom. The third kappa shape index (κ3) is 0.863. The third-order valence-electron chi connectivity index (χ3n) is 2.03. The molecule has 2 aromatic rings. The maximum Gasteiger partial charge on any atom is 0.153 e. The predicted molar refractivity (Wildman–Crippen MR) is 49.9 cm³/mol. The Bertz CT molecular complexity index is 429. The second-order valence-corrected chi connectivity index (χ2v) is 3.03. The standard InChI is InChI=1S/C9H11N3/c1-6-3-4-8-7(5-6)9(10)11-12(8)2/h3-5H,1-2H3,(H2,10,11). The highest BCUT2D eigenvalue weighted by atomic mass is 15.3. The minimum atomic E-state index is 0.608. The number of nitrogens with two attached hydrogens (primary N) is 1. The van der Waals surface area contributed by atoms with Gasteiger partial charge in [0.25, 0.3) is 0 Å². The van der Waals surface area contributed by atoms with E-state index in [0.29, 0.717) is 5.82 Å². The number of rotatable bonds is 0. The Labute approximate surface area is 70.8 Å². The number of nitrogen functional groups attached to an aromatic ring is 1. The summed E-state index contributed by atoms with van der Waals surface area (Å²) < 4.78 is 1.80. The maximum atomic E-state index is 5.71. The van der Waals surface area contributed by atoms with Gasteiger partial charge in [-0.25, -0.2) is 0 Å². The van der Waals surface area contributed by atoms with E-state index >= 15 is 0 Å². The van der Waals surface area contributed by atoms with E-state index in [4.69, 9.17) is 5.73 Å². The van der Waals surface area contributed by atoms with Crippen LogP contribution in [0.1, 0.15) is 5.56 Å². The lowest BCUT2D eigenvalue weighted by Crippen LogP contribution is -1.90. The van der Waals surface area contributed by atoms with Gasteiger partial charge in [-0.3, -0.25) is 4.68 Å². The topological polar surface area (TPSA) is 43.8 Å². The van der Waals surface area contributed by atoms with Crippen LogP contribution in [0.2, 0.25) is 0 Å². The Balaban J connectivity index is 2.90. The van der Waals surface area contributed by atoms with Gasteiger partial charge in [-0.05, 0) is 19.1 Å². The molecule has 1 aromatic heterocycles. The minimum Gasteiger partial charge on any atom is -0.382 e. The highest BCUT2D eigenvalue weighted by Gasteiger charge is 2.03. The molecule has 3 nitrogen and oxygen atoms in total. The normalized spacial score (nSPS) is 10.8. The summed E-state index contributed by atoms with van der Waals surface area (Å²) in [4.78, 5) is 0. The quantitative estimate of drug-likeness (QED) is 0.635. The molecule has 0 atom stereocenters. The van der Waals surface area contributed by atoms with Crippen molar-refractivity contribution in [2.45, 2.75) is 6.92 Å². The fourth-order valence-corrected chi connectivity index (χ4v) is 1.41. The van der Waals surface area contributed by atoms with Crippen LogP contribution in [0.3, 0.4) is 0 Å². The molecule has 0 spiro atoms. The first-order valence-electron chi connectivity index (χ1n) is 3.87. The molecule has 0 saturated carbocycles. The van der Waals surface area contributed by atoms with Gasteiger partial charge in [0.2, 0.25) is 0 Å². The van der Waals surface area contributed by atoms with Crippen LogP contribution in [0.25, 0.3) is 10.9 Å². The highest BCUT2D eigenvalue weighted by Crippen LogP contribution is 2.20. The largest absolute Gasteiger partial charge is 0.382 e. The van der Waals surface area contributed by atoms with Crippen LogP contribution in [0.5, 0.6) is 0 Å². The zero-order valence-corrected chi connectivity index (χ0v) is 7.20. The van der Waals surface area contributed by atoms with Gasteiger partial charge in [-0.1, -0.05) is 11.6 Å². The SMILES string of the molecule is Cc1ccc2c(c1)c(N)nn2C. The molecule has 0 aliphatic carbocycles. The lowest BCUT2D eigenvalue weighted by molar-refractivity contribution is 0.802. The first-order valence-corrected chi connectivity index (χ1v) is 3.87. The van der Waals surface area contributed by atoms with E-state index in [-0.39, 0.29) is 0 Å². The monoisotopic (exact) mass is 161 g/mol. The fourth-order valence-electron chi connectivity index (χ4n) is 1.41. The van der Waals surface area contributed by atoms with Crippen molar-refractivity contribution in [1.82, 2.24) is 9.78 Å². The molecule has 2 rings (SSSR count). The third-order valence-corrected chi connectivity index (χ3v) is 2.03. The lowest BCUT2D eigenvalue weighted by Gasteiger charge is -1.94. The van der Waals surface area contributed by atoms with Gasteiger partial charge in [0, 0.05) is 12.4 Å². The van der Waals surface area contributed by atoms with Crippen LogP contribution in [0, 0.1) is 6.92 Å². The molecule has 12 heavy (non-hydrogen) atoms. The molecule has 0 aliphatic heterocycles. The van der Waals surface area contributed by atoms with E-state index < -0.39 is 0 Å². The van der Waals surface area contributed by atoms with Crippen LogP contribution < -0.4 is 5.73 Å². The molecule has 0 amide bonds.